The minimum Gasteiger partial charge on any atom is -0.361 e. The first-order chi connectivity index (χ1) is 9.40. The lowest BCUT2D eigenvalue weighted by atomic mass is 9.88. The van der Waals surface area contributed by atoms with E-state index in [1.807, 2.05) is 44.2 Å². The van der Waals surface area contributed by atoms with Gasteiger partial charge in [0.05, 0.1) is 18.1 Å². The molecule has 0 radical (unpaired) electrons. The van der Waals surface area contributed by atoms with Crippen LogP contribution in [0.15, 0.2) is 30.3 Å². The zero-order chi connectivity index (χ0) is 14.4. The van der Waals surface area contributed by atoms with Gasteiger partial charge in [0.15, 0.2) is 0 Å². The van der Waals surface area contributed by atoms with Gasteiger partial charge < -0.3 is 10.0 Å². The van der Waals surface area contributed by atoms with Crippen LogP contribution < -0.4 is 0 Å². The Morgan fingerprint density at radius 1 is 1.30 bits per heavy atom. The molecular formula is C15H19NO4. The van der Waals surface area contributed by atoms with Crippen LogP contribution in [0.2, 0.25) is 0 Å². The van der Waals surface area contributed by atoms with Crippen molar-refractivity contribution in [2.45, 2.75) is 38.2 Å². The third-order valence-corrected chi connectivity index (χ3v) is 3.90. The predicted octanol–water partition coefficient (Wildman–Crippen LogP) is 1.46. The van der Waals surface area contributed by atoms with Gasteiger partial charge >= 0.3 is 0 Å². The minimum absolute atomic E-state index is 0.0762. The van der Waals surface area contributed by atoms with Crippen molar-refractivity contribution in [3.63, 3.8) is 0 Å². The Bertz CT molecular complexity index is 516. The molecule has 2 fully saturated rings. The zero-order valence-electron chi connectivity index (χ0n) is 11.7. The van der Waals surface area contributed by atoms with Crippen LogP contribution in [0.1, 0.15) is 25.8 Å². The van der Waals surface area contributed by atoms with E-state index in [4.69, 9.17) is 9.78 Å². The molecule has 1 amide bonds. The van der Waals surface area contributed by atoms with Gasteiger partial charge in [-0.3, -0.25) is 4.79 Å². The fourth-order valence-corrected chi connectivity index (χ4v) is 2.85. The van der Waals surface area contributed by atoms with Crippen molar-refractivity contribution in [2.24, 2.45) is 5.92 Å². The van der Waals surface area contributed by atoms with E-state index in [1.165, 1.54) is 0 Å². The quantitative estimate of drug-likeness (QED) is 0.832. The van der Waals surface area contributed by atoms with Gasteiger partial charge in [-0.25, -0.2) is 4.89 Å². The standard InChI is InChI=1S/C15H19NO4/c1-14(2)8-12-13(17)16(10-15(12,18)20-19-14)9-11-6-4-3-5-7-11/h3-7,12,18H,8-10H2,1-2H3. The highest BCUT2D eigenvalue weighted by molar-refractivity contribution is 5.82. The highest BCUT2D eigenvalue weighted by Crippen LogP contribution is 2.42. The SMILES string of the molecule is CC1(C)CC2C(=O)N(Cc3ccccc3)CC2(O)OO1. The maximum absolute atomic E-state index is 12.5. The molecule has 20 heavy (non-hydrogen) atoms. The van der Waals surface area contributed by atoms with Crippen molar-refractivity contribution in [2.75, 3.05) is 6.54 Å². The number of rotatable bonds is 2. The summed E-state index contributed by atoms with van der Waals surface area (Å²) in [5.74, 6) is -2.16. The van der Waals surface area contributed by atoms with Gasteiger partial charge in [-0.1, -0.05) is 30.3 Å². The van der Waals surface area contributed by atoms with Gasteiger partial charge in [-0.15, -0.1) is 0 Å². The van der Waals surface area contributed by atoms with E-state index in [9.17, 15) is 9.90 Å². The third-order valence-electron chi connectivity index (χ3n) is 3.90. The number of carbonyl (C=O) groups is 1. The van der Waals surface area contributed by atoms with E-state index < -0.39 is 17.3 Å². The molecule has 0 spiro atoms. The van der Waals surface area contributed by atoms with Crippen molar-refractivity contribution in [3.8, 4) is 0 Å². The molecule has 0 bridgehead atoms. The Balaban J connectivity index is 1.78. The second kappa shape index (κ2) is 4.55. The summed E-state index contributed by atoms with van der Waals surface area (Å²) in [6.45, 7) is 4.31. The second-order valence-corrected chi connectivity index (χ2v) is 6.21. The maximum Gasteiger partial charge on any atom is 0.231 e. The van der Waals surface area contributed by atoms with E-state index in [1.54, 1.807) is 4.90 Å². The van der Waals surface area contributed by atoms with Crippen LogP contribution in [0, 0.1) is 5.92 Å². The molecule has 0 aliphatic carbocycles. The van der Waals surface area contributed by atoms with E-state index in [0.717, 1.165) is 5.56 Å². The van der Waals surface area contributed by atoms with Crippen molar-refractivity contribution in [3.05, 3.63) is 35.9 Å². The first-order valence-electron chi connectivity index (χ1n) is 6.82. The summed E-state index contributed by atoms with van der Waals surface area (Å²) in [4.78, 5) is 24.4. The Labute approximate surface area is 118 Å². The number of hydrogen-bond donors (Lipinski definition) is 1. The Morgan fingerprint density at radius 2 is 2.00 bits per heavy atom. The first-order valence-corrected chi connectivity index (χ1v) is 6.82. The maximum atomic E-state index is 12.5. The van der Waals surface area contributed by atoms with Gasteiger partial charge in [0, 0.05) is 6.54 Å². The van der Waals surface area contributed by atoms with Crippen molar-refractivity contribution >= 4 is 5.91 Å². The monoisotopic (exact) mass is 277 g/mol. The van der Waals surface area contributed by atoms with E-state index in [2.05, 4.69) is 0 Å². The predicted molar refractivity (Wildman–Crippen MR) is 71.2 cm³/mol. The van der Waals surface area contributed by atoms with Gasteiger partial charge in [0.2, 0.25) is 11.7 Å². The number of benzene rings is 1. The second-order valence-electron chi connectivity index (χ2n) is 6.21. The van der Waals surface area contributed by atoms with Crippen LogP contribution in [0.5, 0.6) is 0 Å². The van der Waals surface area contributed by atoms with Crippen LogP contribution in [0.25, 0.3) is 0 Å². The first kappa shape index (κ1) is 13.5. The number of aliphatic hydroxyl groups is 1. The van der Waals surface area contributed by atoms with Crippen molar-refractivity contribution in [1.82, 2.24) is 4.90 Å². The van der Waals surface area contributed by atoms with Crippen LogP contribution in [-0.4, -0.2) is 33.8 Å². The molecule has 2 aliphatic rings. The zero-order valence-corrected chi connectivity index (χ0v) is 11.7. The van der Waals surface area contributed by atoms with Crippen molar-refractivity contribution < 1.29 is 19.7 Å². The van der Waals surface area contributed by atoms with Gasteiger partial charge in [0.25, 0.3) is 0 Å². The fourth-order valence-electron chi connectivity index (χ4n) is 2.85. The van der Waals surface area contributed by atoms with Crippen LogP contribution in [0.4, 0.5) is 0 Å². The molecule has 108 valence electrons. The number of fused-ring (bicyclic) bond motifs is 1. The van der Waals surface area contributed by atoms with Crippen LogP contribution >= 0.6 is 0 Å². The molecule has 2 aliphatic heterocycles. The summed E-state index contributed by atoms with van der Waals surface area (Å²) in [7, 11) is 0. The van der Waals surface area contributed by atoms with Crippen molar-refractivity contribution in [1.29, 1.82) is 0 Å². The number of carbonyl (C=O) groups excluding carboxylic acids is 1. The lowest BCUT2D eigenvalue weighted by Gasteiger charge is -2.39. The molecule has 2 atom stereocenters. The number of hydrogen-bond acceptors (Lipinski definition) is 4. The highest BCUT2D eigenvalue weighted by atomic mass is 17.2. The Kier molecular flexibility index (Phi) is 3.08. The molecule has 0 saturated carbocycles. The van der Waals surface area contributed by atoms with E-state index >= 15 is 0 Å². The van der Waals surface area contributed by atoms with Gasteiger partial charge in [-0.2, -0.15) is 4.89 Å². The van der Waals surface area contributed by atoms with Gasteiger partial charge in [-0.05, 0) is 25.8 Å². The smallest absolute Gasteiger partial charge is 0.231 e. The average Bonchev–Trinajstić information content (AvgIpc) is 2.64. The molecule has 1 N–H and O–H groups in total. The molecule has 5 nitrogen and oxygen atoms in total. The molecule has 1 aromatic rings. The summed E-state index contributed by atoms with van der Waals surface area (Å²) in [5.41, 5.74) is 0.471. The largest absolute Gasteiger partial charge is 0.361 e. The van der Waals surface area contributed by atoms with E-state index in [-0.39, 0.29) is 12.5 Å². The Hall–Kier alpha value is -1.43. The normalized spacial score (nSPS) is 32.2. The molecule has 2 heterocycles. The number of β-amino-alcohol motifs (C(OH)–C–C–N with tert-alkyl or cyclic N) is 1. The summed E-state index contributed by atoms with van der Waals surface area (Å²) in [6.07, 6.45) is 0.452. The molecule has 3 rings (SSSR count). The topological polar surface area (TPSA) is 59.0 Å². The summed E-state index contributed by atoms with van der Waals surface area (Å²) >= 11 is 0. The minimum atomic E-state index is -1.53. The number of likely N-dealkylation sites (tertiary alicyclic amines) is 1. The fraction of sp³-hybridized carbons (Fsp3) is 0.533. The highest BCUT2D eigenvalue weighted by Gasteiger charge is 2.58. The summed E-state index contributed by atoms with van der Waals surface area (Å²) < 4.78 is 0. The molecule has 0 aromatic heterocycles. The Morgan fingerprint density at radius 3 is 2.70 bits per heavy atom. The van der Waals surface area contributed by atoms with Crippen LogP contribution in [-0.2, 0) is 21.1 Å². The van der Waals surface area contributed by atoms with E-state index in [0.29, 0.717) is 13.0 Å². The lowest BCUT2D eigenvalue weighted by molar-refractivity contribution is -0.484. The third kappa shape index (κ3) is 2.32. The molecule has 2 unspecified atom stereocenters. The molecule has 2 saturated heterocycles. The van der Waals surface area contributed by atoms with Gasteiger partial charge in [0.1, 0.15) is 0 Å². The molecule has 5 heteroatoms. The summed E-state index contributed by atoms with van der Waals surface area (Å²) in [6, 6.07) is 9.71. The number of nitrogens with zero attached hydrogens (tertiary/aromatic N) is 1. The summed E-state index contributed by atoms with van der Waals surface area (Å²) in [5, 5.41) is 10.5. The lowest BCUT2D eigenvalue weighted by Crippen LogP contribution is -2.51. The van der Waals surface area contributed by atoms with Crippen LogP contribution in [0.3, 0.4) is 0 Å². The number of amides is 1. The molecule has 1 aromatic carbocycles. The average molecular weight is 277 g/mol. The molecular weight excluding hydrogens is 258 g/mol.